The van der Waals surface area contributed by atoms with Crippen molar-refractivity contribution < 1.29 is 29.1 Å². The lowest BCUT2D eigenvalue weighted by molar-refractivity contribution is -0.150. The molecule has 1 aromatic rings. The number of ether oxygens (including phenoxy) is 1. The normalized spacial score (nSPS) is 21.5. The third-order valence-corrected chi connectivity index (χ3v) is 6.13. The van der Waals surface area contributed by atoms with E-state index in [1.165, 1.54) is 23.8 Å². The number of carbonyl (C=O) groups excluding carboxylic acids is 2. The summed E-state index contributed by atoms with van der Waals surface area (Å²) in [7, 11) is 1.45. The molecule has 1 saturated heterocycles. The van der Waals surface area contributed by atoms with Gasteiger partial charge in [-0.3, -0.25) is 14.5 Å². The molecule has 1 fully saturated rings. The number of thiazole rings is 1. The topological polar surface area (TPSA) is 156 Å². The minimum absolute atomic E-state index is 0.0958. The number of methoxy groups -OCH3 is 1. The zero-order chi connectivity index (χ0) is 21.1. The first-order valence-electron chi connectivity index (χ1n) is 8.50. The van der Waals surface area contributed by atoms with Gasteiger partial charge in [-0.25, -0.2) is 9.78 Å². The number of thioether (sulfide) groups is 1. The Bertz CT molecular complexity index is 898. The second-order valence-electron chi connectivity index (χ2n) is 5.98. The van der Waals surface area contributed by atoms with Gasteiger partial charge in [-0.15, -0.1) is 23.1 Å². The quantitative estimate of drug-likeness (QED) is 0.283. The van der Waals surface area contributed by atoms with Crippen molar-refractivity contribution in [2.75, 3.05) is 31.8 Å². The number of nitrogens with zero attached hydrogens (tertiary/aromatic N) is 3. The van der Waals surface area contributed by atoms with Gasteiger partial charge < -0.3 is 25.7 Å². The minimum atomic E-state index is -1.21. The Kier molecular flexibility index (Phi) is 6.39. The van der Waals surface area contributed by atoms with Gasteiger partial charge in [0.05, 0.1) is 6.61 Å². The fourth-order valence-electron chi connectivity index (χ4n) is 2.91. The highest BCUT2D eigenvalue weighted by atomic mass is 32.2. The Morgan fingerprint density at radius 3 is 2.86 bits per heavy atom. The molecule has 0 saturated carbocycles. The van der Waals surface area contributed by atoms with Crippen LogP contribution >= 0.6 is 23.1 Å². The molecule has 29 heavy (non-hydrogen) atoms. The molecule has 0 radical (unpaired) electrons. The molecule has 2 atom stereocenters. The van der Waals surface area contributed by atoms with Crippen LogP contribution in [0.4, 0.5) is 5.13 Å². The molecule has 2 aliphatic rings. The number of carboxylic acids is 1. The van der Waals surface area contributed by atoms with Crippen molar-refractivity contribution in [2.45, 2.75) is 18.3 Å². The van der Waals surface area contributed by atoms with Crippen LogP contribution in [0.1, 0.15) is 12.6 Å². The van der Waals surface area contributed by atoms with E-state index in [1.54, 1.807) is 12.3 Å². The number of nitrogen functional groups attached to an aromatic ring is 1. The van der Waals surface area contributed by atoms with Gasteiger partial charge in [0.25, 0.3) is 11.8 Å². The Morgan fingerprint density at radius 1 is 1.52 bits per heavy atom. The fourth-order valence-corrected chi connectivity index (χ4v) is 4.78. The minimum Gasteiger partial charge on any atom is -0.477 e. The summed E-state index contributed by atoms with van der Waals surface area (Å²) in [5.74, 6) is -2.02. The number of aliphatic carboxylic acids is 1. The molecule has 3 heterocycles. The maximum Gasteiger partial charge on any atom is 0.352 e. The van der Waals surface area contributed by atoms with Crippen molar-refractivity contribution >= 4 is 51.7 Å². The molecule has 1 aromatic heterocycles. The van der Waals surface area contributed by atoms with Crippen LogP contribution in [0.25, 0.3) is 0 Å². The molecule has 0 aliphatic carbocycles. The van der Waals surface area contributed by atoms with E-state index < -0.39 is 29.2 Å². The van der Waals surface area contributed by atoms with Gasteiger partial charge in [-0.05, 0) is 12.5 Å². The maximum atomic E-state index is 12.7. The van der Waals surface area contributed by atoms with Crippen LogP contribution in [0.2, 0.25) is 0 Å². The molecule has 1 unspecified atom stereocenters. The average Bonchev–Trinajstić information content (AvgIpc) is 3.12. The summed E-state index contributed by atoms with van der Waals surface area (Å²) in [6.07, 6.45) is 0. The number of rotatable bonds is 8. The van der Waals surface area contributed by atoms with Gasteiger partial charge in [0.2, 0.25) is 0 Å². The maximum absolute atomic E-state index is 12.7. The second kappa shape index (κ2) is 8.80. The highest BCUT2D eigenvalue weighted by Gasteiger charge is 2.54. The zero-order valence-electron chi connectivity index (χ0n) is 15.6. The first-order valence-corrected chi connectivity index (χ1v) is 10.4. The third-order valence-electron chi connectivity index (χ3n) is 4.12. The van der Waals surface area contributed by atoms with Crippen LogP contribution in [-0.4, -0.2) is 76.0 Å². The van der Waals surface area contributed by atoms with Crippen LogP contribution in [0, 0.1) is 0 Å². The summed E-state index contributed by atoms with van der Waals surface area (Å²) in [5.41, 5.74) is 6.15. The highest BCUT2D eigenvalue weighted by Crippen LogP contribution is 2.40. The largest absolute Gasteiger partial charge is 0.477 e. The molecule has 2 amide bonds. The molecule has 11 nitrogen and oxygen atoms in total. The lowest BCUT2D eigenvalue weighted by Gasteiger charge is -2.49. The van der Waals surface area contributed by atoms with Gasteiger partial charge >= 0.3 is 5.97 Å². The molecule has 156 valence electrons. The first-order chi connectivity index (χ1) is 13.9. The van der Waals surface area contributed by atoms with Crippen LogP contribution in [-0.2, 0) is 24.0 Å². The average molecular weight is 441 g/mol. The number of β-lactam (4-membered cyclic amide) rings is 1. The van der Waals surface area contributed by atoms with Gasteiger partial charge in [-0.2, -0.15) is 0 Å². The van der Waals surface area contributed by atoms with E-state index in [1.807, 2.05) is 0 Å². The lowest BCUT2D eigenvalue weighted by atomic mass is 10.0. The molecule has 0 aromatic carbocycles. The third kappa shape index (κ3) is 4.06. The van der Waals surface area contributed by atoms with Crippen LogP contribution in [0.3, 0.4) is 0 Å². The standard InChI is InChI=1S/C16H19N5O6S2/c1-3-27-20-9(8-6-29-16(17)18-8)12(22)19-10-13(23)21-11(15(24)25)7(4-26-2)5-28-14(10)21/h6,10,14H,3-5H2,1-2H3,(H2,17,18)(H,19,22)(H,24,25)/t10?,14-/m0/s1. The van der Waals surface area contributed by atoms with Crippen molar-refractivity contribution in [3.05, 3.63) is 22.3 Å². The molecule has 0 spiro atoms. The lowest BCUT2D eigenvalue weighted by Crippen LogP contribution is -2.71. The van der Waals surface area contributed by atoms with Crippen molar-refractivity contribution in [2.24, 2.45) is 5.16 Å². The number of amides is 2. The second-order valence-corrected chi connectivity index (χ2v) is 7.97. The molecular weight excluding hydrogens is 422 g/mol. The van der Waals surface area contributed by atoms with Crippen LogP contribution in [0.5, 0.6) is 0 Å². The van der Waals surface area contributed by atoms with Gasteiger partial charge in [-0.1, -0.05) is 5.16 Å². The summed E-state index contributed by atoms with van der Waals surface area (Å²) >= 11 is 2.49. The van der Waals surface area contributed by atoms with Gasteiger partial charge in [0.15, 0.2) is 10.8 Å². The monoisotopic (exact) mass is 441 g/mol. The first kappa shape index (κ1) is 21.1. The van der Waals surface area contributed by atoms with E-state index in [-0.39, 0.29) is 35.4 Å². The predicted molar refractivity (Wildman–Crippen MR) is 106 cm³/mol. The smallest absolute Gasteiger partial charge is 0.352 e. The van der Waals surface area contributed by atoms with Crippen molar-refractivity contribution in [3.8, 4) is 0 Å². The number of hydrogen-bond donors (Lipinski definition) is 3. The Morgan fingerprint density at radius 2 is 2.28 bits per heavy atom. The number of aromatic nitrogens is 1. The van der Waals surface area contributed by atoms with Gasteiger partial charge in [0, 0.05) is 18.2 Å². The summed E-state index contributed by atoms with van der Waals surface area (Å²) in [5, 5.41) is 17.2. The summed E-state index contributed by atoms with van der Waals surface area (Å²) in [4.78, 5) is 47.2. The number of carbonyl (C=O) groups is 3. The predicted octanol–water partition coefficient (Wildman–Crippen LogP) is -0.149. The van der Waals surface area contributed by atoms with E-state index in [0.717, 1.165) is 11.3 Å². The van der Waals surface area contributed by atoms with Crippen LogP contribution < -0.4 is 11.1 Å². The van der Waals surface area contributed by atoms with Gasteiger partial charge in [0.1, 0.15) is 29.4 Å². The van der Waals surface area contributed by atoms with E-state index >= 15 is 0 Å². The molecule has 13 heteroatoms. The summed E-state index contributed by atoms with van der Waals surface area (Å²) in [6.45, 7) is 2.05. The van der Waals surface area contributed by atoms with E-state index in [4.69, 9.17) is 15.3 Å². The number of oxime groups is 1. The van der Waals surface area contributed by atoms with Crippen LogP contribution in [0.15, 0.2) is 21.8 Å². The summed E-state index contributed by atoms with van der Waals surface area (Å²) < 4.78 is 5.03. The van der Waals surface area contributed by atoms with Crippen molar-refractivity contribution in [1.29, 1.82) is 0 Å². The molecule has 3 rings (SSSR count). The summed E-state index contributed by atoms with van der Waals surface area (Å²) in [6, 6.07) is -0.895. The molecular formula is C16H19N5O6S2. The fraction of sp³-hybridized carbons (Fsp3) is 0.438. The zero-order valence-corrected chi connectivity index (χ0v) is 17.2. The van der Waals surface area contributed by atoms with Crippen molar-refractivity contribution in [3.63, 3.8) is 0 Å². The van der Waals surface area contributed by atoms with Crippen molar-refractivity contribution in [1.82, 2.24) is 15.2 Å². The number of nitrogens with two attached hydrogens (primary N) is 1. The molecule has 0 bridgehead atoms. The van der Waals surface area contributed by atoms with E-state index in [9.17, 15) is 19.5 Å². The van der Waals surface area contributed by atoms with E-state index in [2.05, 4.69) is 15.5 Å². The SMILES string of the molecule is CCON=C(C(=O)NC1C(=O)N2C(C(=O)O)=C(COC)CS[C@@H]12)c1csc(N)n1. The highest BCUT2D eigenvalue weighted by molar-refractivity contribution is 8.00. The number of hydrogen-bond acceptors (Lipinski definition) is 10. The van der Waals surface area contributed by atoms with E-state index in [0.29, 0.717) is 11.3 Å². The number of anilines is 1. The molecule has 2 aliphatic heterocycles. The Labute approximate surface area is 173 Å². The Balaban J connectivity index is 1.79. The number of nitrogens with one attached hydrogen (secondary N) is 1. The Hall–Kier alpha value is -2.64. The molecule has 4 N–H and O–H groups in total. The number of carboxylic acid groups (broad SMARTS) is 1. The number of fused-ring (bicyclic) bond motifs is 1.